The summed E-state index contributed by atoms with van der Waals surface area (Å²) in [5.41, 5.74) is 8.82. The Balaban J connectivity index is 1.20. The number of nitrogens with zero attached hydrogens (tertiary/aromatic N) is 1. The summed E-state index contributed by atoms with van der Waals surface area (Å²) in [6, 6.07) is 80.6. The van der Waals surface area contributed by atoms with Gasteiger partial charge in [0, 0.05) is 38.3 Å². The second-order valence-electron chi connectivity index (χ2n) is 16.3. The monoisotopic (exact) mass is 803 g/mol. The van der Waals surface area contributed by atoms with E-state index in [2.05, 4.69) is 217 Å². The smallest absolute Gasteiger partial charge is 0.159 e. The molecule has 13 aromatic rings. The molecule has 0 saturated carbocycles. The number of furan rings is 2. The first-order chi connectivity index (χ1) is 31.3. The molecule has 13 rings (SSSR count). The topological polar surface area (TPSA) is 29.5 Å². The van der Waals surface area contributed by atoms with Crippen molar-refractivity contribution in [1.82, 2.24) is 0 Å². The van der Waals surface area contributed by atoms with Gasteiger partial charge in [-0.05, 0) is 108 Å². The van der Waals surface area contributed by atoms with Crippen LogP contribution >= 0.6 is 0 Å². The molecule has 2 heterocycles. The average Bonchev–Trinajstić information content (AvgIpc) is 3.93. The van der Waals surface area contributed by atoms with Crippen molar-refractivity contribution in [3.05, 3.63) is 224 Å². The molecule has 3 heteroatoms. The van der Waals surface area contributed by atoms with Crippen molar-refractivity contribution in [1.29, 1.82) is 0 Å². The molecule has 0 spiro atoms. The van der Waals surface area contributed by atoms with Crippen LogP contribution in [0.2, 0.25) is 0 Å². The van der Waals surface area contributed by atoms with Gasteiger partial charge in [0.15, 0.2) is 5.58 Å². The highest BCUT2D eigenvalue weighted by molar-refractivity contribution is 6.31. The SMILES string of the molecule is c1ccc(-c2ccc(N(c3ccc4c(c3)c3ccccc3c3ccccc3c3ccccc3c3c4ccc4c5ccccc5oc43)c3cccc4c3oc3ccccc34)cc2)cc1. The van der Waals surface area contributed by atoms with Gasteiger partial charge in [-0.2, -0.15) is 0 Å². The highest BCUT2D eigenvalue weighted by Crippen LogP contribution is 2.46. The fraction of sp³-hybridized carbons (Fsp3) is 0. The minimum atomic E-state index is 0.842. The third-order valence-electron chi connectivity index (χ3n) is 12.9. The van der Waals surface area contributed by atoms with Crippen LogP contribution in [0.5, 0.6) is 0 Å². The Bertz CT molecular complexity index is 4030. The van der Waals surface area contributed by atoms with Crippen LogP contribution in [0.3, 0.4) is 0 Å². The predicted molar refractivity (Wildman–Crippen MR) is 266 cm³/mol. The van der Waals surface area contributed by atoms with Gasteiger partial charge >= 0.3 is 0 Å². The Labute approximate surface area is 362 Å². The normalized spacial score (nSPS) is 11.8. The minimum absolute atomic E-state index is 0.842. The second kappa shape index (κ2) is 14.1. The van der Waals surface area contributed by atoms with Crippen molar-refractivity contribution in [2.45, 2.75) is 0 Å². The van der Waals surface area contributed by atoms with Crippen LogP contribution in [0, 0.1) is 0 Å². The number of hydrogen-bond acceptors (Lipinski definition) is 3. The van der Waals surface area contributed by atoms with E-state index in [0.29, 0.717) is 0 Å². The van der Waals surface area contributed by atoms with Crippen LogP contribution in [0.4, 0.5) is 17.1 Å². The fourth-order valence-corrected chi connectivity index (χ4v) is 10.0. The maximum absolute atomic E-state index is 6.91. The van der Waals surface area contributed by atoms with Gasteiger partial charge in [-0.15, -0.1) is 0 Å². The molecule has 0 radical (unpaired) electrons. The van der Waals surface area contributed by atoms with Crippen molar-refractivity contribution in [2.24, 2.45) is 0 Å². The molecule has 0 N–H and O–H groups in total. The highest BCUT2D eigenvalue weighted by atomic mass is 16.3. The lowest BCUT2D eigenvalue weighted by Crippen LogP contribution is -2.10. The summed E-state index contributed by atoms with van der Waals surface area (Å²) in [5, 5.41) is 15.8. The molecular formula is C60H37NO2. The third kappa shape index (κ3) is 5.53. The first-order valence-electron chi connectivity index (χ1n) is 21.5. The summed E-state index contributed by atoms with van der Waals surface area (Å²) in [5.74, 6) is 0. The van der Waals surface area contributed by atoms with Crippen LogP contribution in [0.25, 0.3) is 109 Å². The van der Waals surface area contributed by atoms with Gasteiger partial charge in [0.1, 0.15) is 16.7 Å². The Hall–Kier alpha value is -8.40. The van der Waals surface area contributed by atoms with Gasteiger partial charge in [0.2, 0.25) is 0 Å². The Morgan fingerprint density at radius 2 is 0.667 bits per heavy atom. The van der Waals surface area contributed by atoms with Crippen molar-refractivity contribution in [2.75, 3.05) is 4.90 Å². The molecule has 0 fully saturated rings. The zero-order chi connectivity index (χ0) is 41.4. The van der Waals surface area contributed by atoms with E-state index in [9.17, 15) is 0 Å². The van der Waals surface area contributed by atoms with E-state index in [1.165, 1.54) is 27.1 Å². The summed E-state index contributed by atoms with van der Waals surface area (Å²) in [6.45, 7) is 0. The molecule has 0 bridgehead atoms. The van der Waals surface area contributed by atoms with Gasteiger partial charge in [-0.25, -0.2) is 0 Å². The summed E-state index contributed by atoms with van der Waals surface area (Å²) in [4.78, 5) is 2.36. The van der Waals surface area contributed by atoms with E-state index < -0.39 is 0 Å². The van der Waals surface area contributed by atoms with E-state index >= 15 is 0 Å². The highest BCUT2D eigenvalue weighted by Gasteiger charge is 2.21. The van der Waals surface area contributed by atoms with Gasteiger partial charge in [0.05, 0.1) is 5.69 Å². The molecule has 0 aliphatic heterocycles. The Morgan fingerprint density at radius 1 is 0.254 bits per heavy atom. The summed E-state index contributed by atoms with van der Waals surface area (Å²) >= 11 is 0. The number of rotatable bonds is 4. The molecule has 0 aliphatic rings. The van der Waals surface area contributed by atoms with Gasteiger partial charge in [-0.3, -0.25) is 0 Å². The molecule has 0 aliphatic carbocycles. The fourth-order valence-electron chi connectivity index (χ4n) is 10.0. The van der Waals surface area contributed by atoms with Crippen molar-refractivity contribution >= 4 is 115 Å². The van der Waals surface area contributed by atoms with Crippen LogP contribution in [-0.4, -0.2) is 0 Å². The van der Waals surface area contributed by atoms with E-state index in [1.54, 1.807) is 0 Å². The lowest BCUT2D eigenvalue weighted by atomic mass is 9.93. The van der Waals surface area contributed by atoms with Crippen molar-refractivity contribution < 1.29 is 8.83 Å². The molecule has 0 amide bonds. The predicted octanol–water partition coefficient (Wildman–Crippen LogP) is 17.5. The molecule has 2 aromatic heterocycles. The molecule has 3 nitrogen and oxygen atoms in total. The number of hydrogen-bond donors (Lipinski definition) is 0. The van der Waals surface area contributed by atoms with E-state index in [-0.39, 0.29) is 0 Å². The molecule has 294 valence electrons. The lowest BCUT2D eigenvalue weighted by Gasteiger charge is -2.26. The molecule has 0 atom stereocenters. The molecule has 0 unspecified atom stereocenters. The summed E-state index contributed by atoms with van der Waals surface area (Å²) < 4.78 is 13.7. The summed E-state index contributed by atoms with van der Waals surface area (Å²) in [6.07, 6.45) is 0. The van der Waals surface area contributed by atoms with Crippen molar-refractivity contribution in [3.8, 4) is 11.1 Å². The van der Waals surface area contributed by atoms with Gasteiger partial charge in [-0.1, -0.05) is 176 Å². The number of anilines is 3. The molecular weight excluding hydrogens is 767 g/mol. The van der Waals surface area contributed by atoms with Gasteiger partial charge in [0.25, 0.3) is 0 Å². The summed E-state index contributed by atoms with van der Waals surface area (Å²) in [7, 11) is 0. The van der Waals surface area contributed by atoms with Crippen LogP contribution in [0.15, 0.2) is 233 Å². The average molecular weight is 804 g/mol. The van der Waals surface area contributed by atoms with Crippen molar-refractivity contribution in [3.63, 3.8) is 0 Å². The third-order valence-corrected chi connectivity index (χ3v) is 12.9. The maximum atomic E-state index is 6.91. The van der Waals surface area contributed by atoms with Crippen LogP contribution < -0.4 is 4.90 Å². The zero-order valence-corrected chi connectivity index (χ0v) is 34.1. The quantitative estimate of drug-likeness (QED) is 0.177. The molecule has 0 saturated heterocycles. The van der Waals surface area contributed by atoms with Crippen LogP contribution in [-0.2, 0) is 0 Å². The lowest BCUT2D eigenvalue weighted by molar-refractivity contribution is 0.669. The number of fused-ring (bicyclic) bond motifs is 17. The first-order valence-corrected chi connectivity index (χ1v) is 21.5. The first kappa shape index (κ1) is 35.4. The van der Waals surface area contributed by atoms with E-state index in [4.69, 9.17) is 8.83 Å². The minimum Gasteiger partial charge on any atom is -0.455 e. The molecule has 63 heavy (non-hydrogen) atoms. The zero-order valence-electron chi connectivity index (χ0n) is 34.1. The maximum Gasteiger partial charge on any atom is 0.159 e. The number of para-hydroxylation sites is 3. The van der Waals surface area contributed by atoms with Gasteiger partial charge < -0.3 is 13.7 Å². The van der Waals surface area contributed by atoms with Crippen LogP contribution in [0.1, 0.15) is 0 Å². The standard InChI is InChI=1S/C60H37NO2/c1-2-15-38(16-3-1)39-29-31-40(32-30-39)61(55-26-14-25-52-48-22-10-12-27-56(48)62-59(52)55)41-33-34-47-51-35-36-53-49-23-11-13-28-57(49)63-60(53)58(51)50-24-9-8-20-45(50)43-18-5-4-17-42(43)44-19-6-7-21-46(44)54(47)37-41/h1-37H. The Morgan fingerprint density at radius 3 is 1.32 bits per heavy atom. The van der Waals surface area contributed by atoms with E-state index in [0.717, 1.165) is 98.8 Å². The Kier molecular flexibility index (Phi) is 7.91. The molecule has 11 aromatic carbocycles. The largest absolute Gasteiger partial charge is 0.455 e. The number of benzene rings is 10. The van der Waals surface area contributed by atoms with E-state index in [1.807, 2.05) is 12.1 Å². The second-order valence-corrected chi connectivity index (χ2v) is 16.3.